The number of fused-ring (bicyclic) bond motifs is 1. The molecule has 1 aromatic heterocycles. The van der Waals surface area contributed by atoms with Gasteiger partial charge < -0.3 is 9.72 Å². The van der Waals surface area contributed by atoms with Crippen molar-refractivity contribution in [1.82, 2.24) is 4.98 Å². The minimum Gasteiger partial charge on any atom is -0.497 e. The number of H-pyrrole nitrogens is 1. The Bertz CT molecular complexity index is 834. The number of aromatic nitrogens is 1. The Morgan fingerprint density at radius 1 is 1.05 bits per heavy atom. The number of para-hydroxylation sites is 1. The van der Waals surface area contributed by atoms with Crippen LogP contribution < -0.4 is 10.2 Å². The maximum absolute atomic E-state index is 12.2. The van der Waals surface area contributed by atoms with Crippen molar-refractivity contribution in [3.8, 4) is 17.0 Å². The molecule has 3 rings (SSSR count). The highest BCUT2D eigenvalue weighted by atomic mass is 16.5. The first-order valence-corrected chi connectivity index (χ1v) is 6.45. The molecule has 0 aliphatic rings. The van der Waals surface area contributed by atoms with E-state index in [2.05, 4.69) is 4.98 Å². The summed E-state index contributed by atoms with van der Waals surface area (Å²) in [7, 11) is 1.64. The van der Waals surface area contributed by atoms with Gasteiger partial charge >= 0.3 is 0 Å². The first-order chi connectivity index (χ1) is 9.67. The zero-order valence-corrected chi connectivity index (χ0v) is 11.4. The molecule has 0 unspecified atom stereocenters. The van der Waals surface area contributed by atoms with E-state index in [1.54, 1.807) is 13.2 Å². The molecule has 3 heteroatoms. The van der Waals surface area contributed by atoms with Crippen molar-refractivity contribution >= 4 is 10.9 Å². The molecule has 100 valence electrons. The SMILES string of the molecule is COc1cc(C)cc(-c2cc(=O)c3ccccc3[nH]2)c1. The maximum Gasteiger partial charge on any atom is 0.190 e. The summed E-state index contributed by atoms with van der Waals surface area (Å²) in [5.41, 5.74) is 3.71. The molecule has 0 aliphatic heterocycles. The average molecular weight is 265 g/mol. The van der Waals surface area contributed by atoms with Crippen LogP contribution >= 0.6 is 0 Å². The number of rotatable bonds is 2. The Morgan fingerprint density at radius 2 is 1.85 bits per heavy atom. The zero-order chi connectivity index (χ0) is 14.1. The third-order valence-electron chi connectivity index (χ3n) is 3.33. The number of pyridine rings is 1. The normalized spacial score (nSPS) is 10.7. The summed E-state index contributed by atoms with van der Waals surface area (Å²) in [6, 6.07) is 15.1. The van der Waals surface area contributed by atoms with Crippen LogP contribution in [0.5, 0.6) is 5.75 Å². The summed E-state index contributed by atoms with van der Waals surface area (Å²) < 4.78 is 5.28. The van der Waals surface area contributed by atoms with E-state index in [4.69, 9.17) is 4.74 Å². The van der Waals surface area contributed by atoms with Crippen molar-refractivity contribution in [1.29, 1.82) is 0 Å². The van der Waals surface area contributed by atoms with Crippen LogP contribution in [0, 0.1) is 6.92 Å². The topological polar surface area (TPSA) is 42.1 Å². The number of nitrogens with one attached hydrogen (secondary N) is 1. The van der Waals surface area contributed by atoms with Gasteiger partial charge in [-0.1, -0.05) is 12.1 Å². The molecule has 2 aromatic carbocycles. The van der Waals surface area contributed by atoms with Crippen LogP contribution in [0.4, 0.5) is 0 Å². The third kappa shape index (κ3) is 2.18. The van der Waals surface area contributed by atoms with Crippen molar-refractivity contribution in [2.45, 2.75) is 6.92 Å². The van der Waals surface area contributed by atoms with E-state index in [9.17, 15) is 4.79 Å². The fourth-order valence-corrected chi connectivity index (χ4v) is 2.37. The molecule has 0 bridgehead atoms. The fraction of sp³-hybridized carbons (Fsp3) is 0.118. The highest BCUT2D eigenvalue weighted by Gasteiger charge is 2.06. The zero-order valence-electron chi connectivity index (χ0n) is 11.4. The molecule has 0 saturated heterocycles. The standard InChI is InChI=1S/C17H15NO2/c1-11-7-12(9-13(8-11)20-2)16-10-17(19)14-5-3-4-6-15(14)18-16/h3-10H,1-2H3,(H,18,19). The van der Waals surface area contributed by atoms with Crippen molar-refractivity contribution in [3.05, 3.63) is 64.3 Å². The first kappa shape index (κ1) is 12.5. The van der Waals surface area contributed by atoms with Crippen molar-refractivity contribution < 1.29 is 4.74 Å². The van der Waals surface area contributed by atoms with Crippen LogP contribution in [-0.4, -0.2) is 12.1 Å². The summed E-state index contributed by atoms with van der Waals surface area (Å²) >= 11 is 0. The average Bonchev–Trinajstić information content (AvgIpc) is 2.46. The van der Waals surface area contributed by atoms with Crippen LogP contribution in [0.15, 0.2) is 53.3 Å². The van der Waals surface area contributed by atoms with E-state index in [0.717, 1.165) is 28.1 Å². The molecule has 0 fully saturated rings. The number of methoxy groups -OCH3 is 1. The van der Waals surface area contributed by atoms with Crippen LogP contribution in [0.25, 0.3) is 22.2 Å². The number of aryl methyl sites for hydroxylation is 1. The van der Waals surface area contributed by atoms with E-state index >= 15 is 0 Å². The van der Waals surface area contributed by atoms with Gasteiger partial charge in [0.05, 0.1) is 7.11 Å². The molecule has 1 N–H and O–H groups in total. The van der Waals surface area contributed by atoms with E-state index in [1.165, 1.54) is 0 Å². The predicted octanol–water partition coefficient (Wildman–Crippen LogP) is 3.51. The Balaban J connectivity index is 2.24. The van der Waals surface area contributed by atoms with Crippen LogP contribution in [-0.2, 0) is 0 Å². The first-order valence-electron chi connectivity index (χ1n) is 6.45. The number of hydrogen-bond donors (Lipinski definition) is 1. The minimum absolute atomic E-state index is 0.0230. The monoisotopic (exact) mass is 265 g/mol. The molecule has 0 atom stereocenters. The van der Waals surface area contributed by atoms with Gasteiger partial charge in [0.15, 0.2) is 5.43 Å². The van der Waals surface area contributed by atoms with E-state index in [1.807, 2.05) is 49.4 Å². The predicted molar refractivity (Wildman–Crippen MR) is 81.3 cm³/mol. The van der Waals surface area contributed by atoms with Gasteiger partial charge in [0.2, 0.25) is 0 Å². The van der Waals surface area contributed by atoms with Crippen molar-refractivity contribution in [3.63, 3.8) is 0 Å². The Morgan fingerprint density at radius 3 is 2.65 bits per heavy atom. The number of aromatic amines is 1. The van der Waals surface area contributed by atoms with Gasteiger partial charge in [-0.05, 0) is 42.8 Å². The van der Waals surface area contributed by atoms with Crippen LogP contribution in [0.1, 0.15) is 5.56 Å². The summed E-state index contributed by atoms with van der Waals surface area (Å²) in [5, 5.41) is 0.705. The van der Waals surface area contributed by atoms with Gasteiger partial charge in [0.1, 0.15) is 5.75 Å². The van der Waals surface area contributed by atoms with E-state index in [-0.39, 0.29) is 5.43 Å². The third-order valence-corrected chi connectivity index (χ3v) is 3.33. The maximum atomic E-state index is 12.2. The lowest BCUT2D eigenvalue weighted by molar-refractivity contribution is 0.414. The summed E-state index contributed by atoms with van der Waals surface area (Å²) in [6.45, 7) is 2.01. The fourth-order valence-electron chi connectivity index (χ4n) is 2.37. The largest absolute Gasteiger partial charge is 0.497 e. The molecular formula is C17H15NO2. The summed E-state index contributed by atoms with van der Waals surface area (Å²) in [5.74, 6) is 0.786. The second-order valence-electron chi connectivity index (χ2n) is 4.83. The quantitative estimate of drug-likeness (QED) is 0.770. The Hall–Kier alpha value is -2.55. The number of ether oxygens (including phenoxy) is 1. The molecule has 0 spiro atoms. The molecular weight excluding hydrogens is 250 g/mol. The Labute approximate surface area is 116 Å². The van der Waals surface area contributed by atoms with Gasteiger partial charge in [-0.15, -0.1) is 0 Å². The van der Waals surface area contributed by atoms with Gasteiger partial charge in [-0.2, -0.15) is 0 Å². The summed E-state index contributed by atoms with van der Waals surface area (Å²) in [6.07, 6.45) is 0. The highest BCUT2D eigenvalue weighted by Crippen LogP contribution is 2.24. The molecule has 3 aromatic rings. The van der Waals surface area contributed by atoms with Crippen molar-refractivity contribution in [2.24, 2.45) is 0 Å². The van der Waals surface area contributed by atoms with Crippen molar-refractivity contribution in [2.75, 3.05) is 7.11 Å². The summed E-state index contributed by atoms with van der Waals surface area (Å²) in [4.78, 5) is 15.5. The van der Waals surface area contributed by atoms with Gasteiger partial charge in [0, 0.05) is 28.2 Å². The smallest absolute Gasteiger partial charge is 0.190 e. The molecule has 1 heterocycles. The highest BCUT2D eigenvalue weighted by molar-refractivity contribution is 5.81. The van der Waals surface area contributed by atoms with Crippen LogP contribution in [0.3, 0.4) is 0 Å². The van der Waals surface area contributed by atoms with E-state index in [0.29, 0.717) is 5.39 Å². The van der Waals surface area contributed by atoms with Gasteiger partial charge in [-0.3, -0.25) is 4.79 Å². The lowest BCUT2D eigenvalue weighted by atomic mass is 10.1. The van der Waals surface area contributed by atoms with Crippen LogP contribution in [0.2, 0.25) is 0 Å². The number of benzene rings is 2. The number of hydrogen-bond acceptors (Lipinski definition) is 2. The Kier molecular flexibility index (Phi) is 3.03. The van der Waals surface area contributed by atoms with Gasteiger partial charge in [-0.25, -0.2) is 0 Å². The molecule has 0 amide bonds. The second kappa shape index (κ2) is 4.85. The lowest BCUT2D eigenvalue weighted by Crippen LogP contribution is -2.02. The lowest BCUT2D eigenvalue weighted by Gasteiger charge is -2.08. The molecule has 20 heavy (non-hydrogen) atoms. The van der Waals surface area contributed by atoms with Gasteiger partial charge in [0.25, 0.3) is 0 Å². The molecule has 3 nitrogen and oxygen atoms in total. The molecule has 0 aliphatic carbocycles. The van der Waals surface area contributed by atoms with E-state index < -0.39 is 0 Å². The molecule has 0 radical (unpaired) electrons. The minimum atomic E-state index is 0.0230. The second-order valence-corrected chi connectivity index (χ2v) is 4.83. The molecule has 0 saturated carbocycles.